The monoisotopic (exact) mass is 285 g/mol. The molecule has 1 fully saturated rings. The third-order valence-corrected chi connectivity index (χ3v) is 3.57. The van der Waals surface area contributed by atoms with Crippen molar-refractivity contribution in [3.8, 4) is 11.4 Å². The molecule has 21 heavy (non-hydrogen) atoms. The van der Waals surface area contributed by atoms with Crippen molar-refractivity contribution in [1.82, 2.24) is 15.5 Å². The second kappa shape index (κ2) is 5.47. The molecule has 1 atom stereocenters. The molecule has 6 nitrogen and oxygen atoms in total. The number of hydrogen-bond acceptors (Lipinski definition) is 5. The van der Waals surface area contributed by atoms with E-state index in [0.717, 1.165) is 12.0 Å². The van der Waals surface area contributed by atoms with Gasteiger partial charge in [0.1, 0.15) is 0 Å². The molecule has 108 valence electrons. The molecule has 1 unspecified atom stereocenters. The zero-order chi connectivity index (χ0) is 14.8. The topological polar surface area (TPSA) is 85.1 Å². The molecule has 0 radical (unpaired) electrons. The molecule has 1 saturated heterocycles. The number of hydrogen-bond donors (Lipinski definition) is 1. The molecule has 2 amide bonds. The van der Waals surface area contributed by atoms with Crippen LogP contribution in [0.4, 0.5) is 0 Å². The van der Waals surface area contributed by atoms with Crippen molar-refractivity contribution in [2.24, 2.45) is 5.92 Å². The summed E-state index contributed by atoms with van der Waals surface area (Å²) >= 11 is 0. The van der Waals surface area contributed by atoms with Crippen LogP contribution in [0.25, 0.3) is 11.4 Å². The van der Waals surface area contributed by atoms with Crippen molar-refractivity contribution in [3.05, 3.63) is 35.7 Å². The minimum absolute atomic E-state index is 0.182. The third-order valence-electron chi connectivity index (χ3n) is 3.57. The zero-order valence-electron chi connectivity index (χ0n) is 11.6. The van der Waals surface area contributed by atoms with E-state index in [4.69, 9.17) is 4.52 Å². The third kappa shape index (κ3) is 2.84. The average molecular weight is 285 g/mol. The number of carbonyl (C=O) groups is 2. The van der Waals surface area contributed by atoms with Crippen molar-refractivity contribution < 1.29 is 14.1 Å². The summed E-state index contributed by atoms with van der Waals surface area (Å²) in [7, 11) is 0. The SMILES string of the molecule is CCc1ccc(-c2noc(CC3CC(=O)NC3=O)n2)cc1. The van der Waals surface area contributed by atoms with E-state index in [1.54, 1.807) is 0 Å². The molecule has 1 aromatic heterocycles. The number of aromatic nitrogens is 2. The van der Waals surface area contributed by atoms with Gasteiger partial charge in [0.25, 0.3) is 0 Å². The standard InChI is InChI=1S/C15H15N3O3/c1-2-9-3-5-10(6-4-9)14-17-13(21-18-14)8-11-7-12(19)16-15(11)20/h3-6,11H,2,7-8H2,1H3,(H,16,19,20). The maximum absolute atomic E-state index is 11.5. The Labute approximate surface area is 121 Å². The largest absolute Gasteiger partial charge is 0.339 e. The first-order chi connectivity index (χ1) is 10.2. The highest BCUT2D eigenvalue weighted by Gasteiger charge is 2.32. The fourth-order valence-electron chi connectivity index (χ4n) is 2.33. The molecule has 3 rings (SSSR count). The Morgan fingerprint density at radius 3 is 2.67 bits per heavy atom. The van der Waals surface area contributed by atoms with E-state index in [2.05, 4.69) is 22.4 Å². The molecule has 1 N–H and O–H groups in total. The van der Waals surface area contributed by atoms with E-state index >= 15 is 0 Å². The molecule has 6 heteroatoms. The predicted octanol–water partition coefficient (Wildman–Crippen LogP) is 1.50. The summed E-state index contributed by atoms with van der Waals surface area (Å²) in [6.07, 6.45) is 1.45. The molecule has 2 heterocycles. The molecule has 0 bridgehead atoms. The Hall–Kier alpha value is -2.50. The van der Waals surface area contributed by atoms with Gasteiger partial charge in [-0.3, -0.25) is 14.9 Å². The summed E-state index contributed by atoms with van der Waals surface area (Å²) in [5.41, 5.74) is 2.11. The van der Waals surface area contributed by atoms with Crippen molar-refractivity contribution >= 4 is 11.8 Å². The van der Waals surface area contributed by atoms with Crippen LogP contribution in [-0.2, 0) is 22.4 Å². The Kier molecular flexibility index (Phi) is 3.51. The second-order valence-corrected chi connectivity index (χ2v) is 5.08. The summed E-state index contributed by atoms with van der Waals surface area (Å²) in [5.74, 6) is -0.0583. The number of nitrogens with one attached hydrogen (secondary N) is 1. The van der Waals surface area contributed by atoms with Crippen molar-refractivity contribution in [1.29, 1.82) is 0 Å². The normalized spacial score (nSPS) is 18.0. The van der Waals surface area contributed by atoms with Crippen LogP contribution < -0.4 is 5.32 Å². The highest BCUT2D eigenvalue weighted by molar-refractivity contribution is 6.03. The van der Waals surface area contributed by atoms with Crippen LogP contribution in [0.5, 0.6) is 0 Å². The summed E-state index contributed by atoms with van der Waals surface area (Å²) in [6, 6.07) is 7.93. The van der Waals surface area contributed by atoms with Crippen LogP contribution in [-0.4, -0.2) is 22.0 Å². The quantitative estimate of drug-likeness (QED) is 0.860. The van der Waals surface area contributed by atoms with Gasteiger partial charge in [-0.05, 0) is 12.0 Å². The summed E-state index contributed by atoms with van der Waals surface area (Å²) in [6.45, 7) is 2.09. The summed E-state index contributed by atoms with van der Waals surface area (Å²) < 4.78 is 5.17. The van der Waals surface area contributed by atoms with Crippen LogP contribution >= 0.6 is 0 Å². The fraction of sp³-hybridized carbons (Fsp3) is 0.333. The Morgan fingerprint density at radius 2 is 2.05 bits per heavy atom. The van der Waals surface area contributed by atoms with Crippen LogP contribution in [0.15, 0.2) is 28.8 Å². The van der Waals surface area contributed by atoms with E-state index in [0.29, 0.717) is 11.7 Å². The smallest absolute Gasteiger partial charge is 0.230 e. The number of amides is 2. The van der Waals surface area contributed by atoms with Gasteiger partial charge in [0.05, 0.1) is 5.92 Å². The molecule has 0 saturated carbocycles. The van der Waals surface area contributed by atoms with Gasteiger partial charge in [-0.25, -0.2) is 0 Å². The number of aryl methyl sites for hydroxylation is 1. The van der Waals surface area contributed by atoms with Gasteiger partial charge in [0.15, 0.2) is 0 Å². The minimum Gasteiger partial charge on any atom is -0.339 e. The van der Waals surface area contributed by atoms with Crippen LogP contribution in [0.3, 0.4) is 0 Å². The molecule has 0 spiro atoms. The van der Waals surface area contributed by atoms with Crippen LogP contribution in [0.2, 0.25) is 0 Å². The van der Waals surface area contributed by atoms with Gasteiger partial charge in [-0.1, -0.05) is 36.3 Å². The number of rotatable bonds is 4. The molecule has 1 aliphatic rings. The lowest BCUT2D eigenvalue weighted by Crippen LogP contribution is -2.22. The molecule has 2 aromatic rings. The van der Waals surface area contributed by atoms with Gasteiger partial charge < -0.3 is 4.52 Å². The number of benzene rings is 1. The van der Waals surface area contributed by atoms with Gasteiger partial charge in [0.2, 0.25) is 23.5 Å². The number of nitrogens with zero attached hydrogens (tertiary/aromatic N) is 2. The second-order valence-electron chi connectivity index (χ2n) is 5.08. The predicted molar refractivity (Wildman–Crippen MR) is 74.1 cm³/mol. The van der Waals surface area contributed by atoms with E-state index in [1.165, 1.54) is 5.56 Å². The first kappa shape index (κ1) is 13.5. The number of imide groups is 1. The van der Waals surface area contributed by atoms with E-state index < -0.39 is 5.92 Å². The van der Waals surface area contributed by atoms with Crippen LogP contribution in [0, 0.1) is 5.92 Å². The zero-order valence-corrected chi connectivity index (χ0v) is 11.6. The van der Waals surface area contributed by atoms with Gasteiger partial charge >= 0.3 is 0 Å². The van der Waals surface area contributed by atoms with Gasteiger partial charge in [-0.15, -0.1) is 0 Å². The molecular weight excluding hydrogens is 270 g/mol. The number of carbonyl (C=O) groups excluding carboxylic acids is 2. The van der Waals surface area contributed by atoms with E-state index in [1.807, 2.05) is 24.3 Å². The average Bonchev–Trinajstić information content (AvgIpc) is 3.07. The van der Waals surface area contributed by atoms with Crippen molar-refractivity contribution in [3.63, 3.8) is 0 Å². The lowest BCUT2D eigenvalue weighted by atomic mass is 10.0. The maximum Gasteiger partial charge on any atom is 0.230 e. The lowest BCUT2D eigenvalue weighted by Gasteiger charge is -1.99. The highest BCUT2D eigenvalue weighted by Crippen LogP contribution is 2.20. The van der Waals surface area contributed by atoms with Gasteiger partial charge in [-0.2, -0.15) is 4.98 Å². The van der Waals surface area contributed by atoms with E-state index in [-0.39, 0.29) is 24.7 Å². The fourth-order valence-corrected chi connectivity index (χ4v) is 2.33. The molecule has 1 aromatic carbocycles. The molecule has 0 aliphatic carbocycles. The van der Waals surface area contributed by atoms with Crippen molar-refractivity contribution in [2.75, 3.05) is 0 Å². The first-order valence-electron chi connectivity index (χ1n) is 6.91. The minimum atomic E-state index is -0.409. The summed E-state index contributed by atoms with van der Waals surface area (Å²) in [5, 5.41) is 6.20. The Bertz CT molecular complexity index is 676. The molecule has 1 aliphatic heterocycles. The van der Waals surface area contributed by atoms with Gasteiger partial charge in [0, 0.05) is 18.4 Å². The highest BCUT2D eigenvalue weighted by atomic mass is 16.5. The maximum atomic E-state index is 11.5. The molecular formula is C15H15N3O3. The summed E-state index contributed by atoms with van der Waals surface area (Å²) in [4.78, 5) is 26.9. The van der Waals surface area contributed by atoms with Crippen LogP contribution in [0.1, 0.15) is 24.8 Å². The Morgan fingerprint density at radius 1 is 1.29 bits per heavy atom. The first-order valence-corrected chi connectivity index (χ1v) is 6.91. The Balaban J connectivity index is 1.73. The lowest BCUT2D eigenvalue weighted by molar-refractivity contribution is -0.125. The van der Waals surface area contributed by atoms with E-state index in [9.17, 15) is 9.59 Å². The van der Waals surface area contributed by atoms with Crippen molar-refractivity contribution in [2.45, 2.75) is 26.2 Å².